The van der Waals surface area contributed by atoms with E-state index in [4.69, 9.17) is 9.47 Å². The zero-order valence-corrected chi connectivity index (χ0v) is 27.8. The van der Waals surface area contributed by atoms with E-state index in [2.05, 4.69) is 12.1 Å². The number of hydrogen-bond acceptors (Lipinski definition) is 5. The van der Waals surface area contributed by atoms with Crippen LogP contribution in [0.1, 0.15) is 49.9 Å². The first kappa shape index (κ1) is 31.6. The molecule has 2 saturated carbocycles. The molecule has 0 aliphatic heterocycles. The number of allylic oxidation sites excluding steroid dienone is 3. The Morgan fingerprint density at radius 2 is 1.12 bits per heavy atom. The van der Waals surface area contributed by atoms with Gasteiger partial charge in [0.05, 0.1) is 35.9 Å². The lowest BCUT2D eigenvalue weighted by atomic mass is 9.35. The quantitative estimate of drug-likeness (QED) is 0.145. The zero-order chi connectivity index (χ0) is 33.7. The number of hydrogen-bond donors (Lipinski definition) is 0. The number of carbonyl (C=O) groups excluding carboxylic acids is 3. The number of rotatable bonds is 8. The molecular weight excluding hydrogens is 596 g/mol. The third kappa shape index (κ3) is 3.76. The SMILES string of the molecule is C/C=C1\C(C(=O)OCC)C(C)C12C(C(=O)OCC)C1(c3ccccc3)C(=O)C2(c2ccccc2)C(c2ccccc2)=C1c1ccccc1. The number of ether oxygens (including phenoxy) is 2. The Balaban J connectivity index is 1.76. The van der Waals surface area contributed by atoms with Crippen molar-refractivity contribution in [1.29, 1.82) is 0 Å². The molecule has 0 radical (unpaired) electrons. The van der Waals surface area contributed by atoms with Crippen molar-refractivity contribution < 1.29 is 23.9 Å². The molecule has 5 heteroatoms. The monoisotopic (exact) mass is 636 g/mol. The fraction of sp³-hybridized carbons (Fsp3) is 0.279. The topological polar surface area (TPSA) is 69.7 Å². The highest BCUT2D eigenvalue weighted by molar-refractivity contribution is 6.32. The Bertz CT molecular complexity index is 1930. The summed E-state index contributed by atoms with van der Waals surface area (Å²) >= 11 is 0. The number of benzene rings is 4. The molecule has 2 bridgehead atoms. The molecule has 4 aromatic rings. The molecule has 0 N–H and O–H groups in total. The van der Waals surface area contributed by atoms with Crippen LogP contribution in [-0.2, 0) is 34.7 Å². The van der Waals surface area contributed by atoms with E-state index < -0.39 is 40.0 Å². The number of fused-ring (bicyclic) bond motifs is 3. The van der Waals surface area contributed by atoms with Gasteiger partial charge in [-0.25, -0.2) is 0 Å². The van der Waals surface area contributed by atoms with Gasteiger partial charge in [-0.2, -0.15) is 0 Å². The van der Waals surface area contributed by atoms with Crippen molar-refractivity contribution in [2.24, 2.45) is 23.2 Å². The summed E-state index contributed by atoms with van der Waals surface area (Å²) in [5.74, 6) is -2.91. The third-order valence-corrected chi connectivity index (χ3v) is 11.2. The molecule has 7 rings (SSSR count). The van der Waals surface area contributed by atoms with Gasteiger partial charge in [0.15, 0.2) is 5.78 Å². The molecule has 0 heterocycles. The van der Waals surface area contributed by atoms with Crippen molar-refractivity contribution in [2.45, 2.75) is 38.5 Å². The van der Waals surface area contributed by atoms with Crippen LogP contribution in [0.3, 0.4) is 0 Å². The van der Waals surface area contributed by atoms with Crippen molar-refractivity contribution in [3.8, 4) is 0 Å². The average molecular weight is 637 g/mol. The summed E-state index contributed by atoms with van der Waals surface area (Å²) in [7, 11) is 0. The smallest absolute Gasteiger partial charge is 0.313 e. The van der Waals surface area contributed by atoms with Crippen molar-refractivity contribution in [1.82, 2.24) is 0 Å². The van der Waals surface area contributed by atoms with E-state index in [1.807, 2.05) is 129 Å². The summed E-state index contributed by atoms with van der Waals surface area (Å²) in [6, 6.07) is 39.7. The maximum Gasteiger partial charge on any atom is 0.313 e. The van der Waals surface area contributed by atoms with Crippen LogP contribution in [0.5, 0.6) is 0 Å². The molecule has 5 nitrogen and oxygen atoms in total. The van der Waals surface area contributed by atoms with Crippen molar-refractivity contribution in [2.75, 3.05) is 13.2 Å². The van der Waals surface area contributed by atoms with Crippen LogP contribution in [0.25, 0.3) is 11.1 Å². The lowest BCUT2D eigenvalue weighted by Crippen LogP contribution is -2.67. The van der Waals surface area contributed by atoms with Gasteiger partial charge in [0.1, 0.15) is 0 Å². The molecule has 48 heavy (non-hydrogen) atoms. The maximum atomic E-state index is 16.5. The molecule has 0 aromatic heterocycles. The Morgan fingerprint density at radius 1 is 0.667 bits per heavy atom. The predicted octanol–water partition coefficient (Wildman–Crippen LogP) is 8.01. The minimum absolute atomic E-state index is 0.0725. The van der Waals surface area contributed by atoms with Gasteiger partial charge in [-0.1, -0.05) is 140 Å². The first-order valence-corrected chi connectivity index (χ1v) is 16.9. The van der Waals surface area contributed by atoms with Crippen LogP contribution in [0.4, 0.5) is 0 Å². The second-order valence-electron chi connectivity index (χ2n) is 12.9. The van der Waals surface area contributed by atoms with E-state index in [0.29, 0.717) is 0 Å². The van der Waals surface area contributed by atoms with Gasteiger partial charge in [-0.15, -0.1) is 0 Å². The first-order valence-electron chi connectivity index (χ1n) is 16.9. The Morgan fingerprint density at radius 3 is 1.62 bits per heavy atom. The average Bonchev–Trinajstić information content (AvgIpc) is 3.50. The second-order valence-corrected chi connectivity index (χ2v) is 12.9. The van der Waals surface area contributed by atoms with Crippen molar-refractivity contribution in [3.05, 3.63) is 155 Å². The van der Waals surface area contributed by atoms with Gasteiger partial charge >= 0.3 is 11.9 Å². The molecule has 0 saturated heterocycles. The maximum absolute atomic E-state index is 16.5. The van der Waals surface area contributed by atoms with Crippen LogP contribution < -0.4 is 0 Å². The van der Waals surface area contributed by atoms with Gasteiger partial charge in [0.25, 0.3) is 0 Å². The number of esters is 2. The highest BCUT2D eigenvalue weighted by atomic mass is 16.5. The molecular formula is C43H40O5. The van der Waals surface area contributed by atoms with Crippen molar-refractivity contribution in [3.63, 3.8) is 0 Å². The lowest BCUT2D eigenvalue weighted by molar-refractivity contribution is -0.170. The number of carbonyl (C=O) groups is 3. The Hall–Kier alpha value is -5.03. The standard InChI is InChI=1S/C43H40O5/c1-5-33-34(38(44)47-6-2)28(4)42(33)37(39(45)48-7-3)41(31-24-16-10-17-25-31)35(29-20-12-8-13-21-29)36(30-22-14-9-15-23-30)43(42,40(41)46)32-26-18-11-19-27-32/h5,8-28,34,37H,6-7H2,1-4H3/b33-5+. The molecule has 2 fully saturated rings. The molecule has 3 aliphatic rings. The molecule has 6 atom stereocenters. The molecule has 3 aliphatic carbocycles. The highest BCUT2D eigenvalue weighted by Gasteiger charge is 2.89. The van der Waals surface area contributed by atoms with Gasteiger partial charge in [0.2, 0.25) is 0 Å². The summed E-state index contributed by atoms with van der Waals surface area (Å²) in [5, 5.41) is 0. The lowest BCUT2D eigenvalue weighted by Gasteiger charge is -2.65. The molecule has 4 aromatic carbocycles. The summed E-state index contributed by atoms with van der Waals surface area (Å²) < 4.78 is 11.7. The molecule has 0 amide bonds. The Kier molecular flexibility index (Phi) is 7.82. The van der Waals surface area contributed by atoms with E-state index in [9.17, 15) is 4.79 Å². The van der Waals surface area contributed by atoms with E-state index in [1.54, 1.807) is 13.8 Å². The van der Waals surface area contributed by atoms with E-state index in [-0.39, 0.29) is 25.0 Å². The fourth-order valence-corrected chi connectivity index (χ4v) is 9.94. The third-order valence-electron chi connectivity index (χ3n) is 11.2. The summed E-state index contributed by atoms with van der Waals surface area (Å²) in [6.45, 7) is 7.91. The Labute approximate surface area is 282 Å². The van der Waals surface area contributed by atoms with E-state index in [0.717, 1.165) is 39.0 Å². The predicted molar refractivity (Wildman–Crippen MR) is 187 cm³/mol. The normalized spacial score (nSPS) is 29.6. The van der Waals surface area contributed by atoms with E-state index in [1.165, 1.54) is 0 Å². The summed E-state index contributed by atoms with van der Waals surface area (Å²) in [4.78, 5) is 45.3. The van der Waals surface area contributed by atoms with Crippen LogP contribution in [0, 0.1) is 23.2 Å². The van der Waals surface area contributed by atoms with Gasteiger partial charge < -0.3 is 9.47 Å². The highest BCUT2D eigenvalue weighted by Crippen LogP contribution is 2.85. The summed E-state index contributed by atoms with van der Waals surface area (Å²) in [5.41, 5.74) is 1.75. The van der Waals surface area contributed by atoms with E-state index >= 15 is 9.59 Å². The first-order chi connectivity index (χ1) is 23.4. The van der Waals surface area contributed by atoms with Gasteiger partial charge in [0, 0.05) is 5.41 Å². The van der Waals surface area contributed by atoms with Gasteiger partial charge in [-0.05, 0) is 60.1 Å². The minimum atomic E-state index is -1.45. The zero-order valence-electron chi connectivity index (χ0n) is 27.8. The number of Topliss-reactive ketones (excluding diaryl/α,β-unsaturated/α-hetero) is 1. The molecule has 6 unspecified atom stereocenters. The van der Waals surface area contributed by atoms with Crippen LogP contribution in [0.2, 0.25) is 0 Å². The fourth-order valence-electron chi connectivity index (χ4n) is 9.94. The van der Waals surface area contributed by atoms with Crippen molar-refractivity contribution >= 4 is 28.9 Å². The largest absolute Gasteiger partial charge is 0.466 e. The van der Waals surface area contributed by atoms with Gasteiger partial charge in [-0.3, -0.25) is 14.4 Å². The van der Waals surface area contributed by atoms with Crippen LogP contribution in [0.15, 0.2) is 133 Å². The molecule has 1 spiro atoms. The summed E-state index contributed by atoms with van der Waals surface area (Å²) in [6.07, 6.45) is 1.95. The number of ketones is 1. The van der Waals surface area contributed by atoms with Crippen LogP contribution in [-0.4, -0.2) is 30.9 Å². The second kappa shape index (κ2) is 11.9. The molecule has 242 valence electrons. The van der Waals surface area contributed by atoms with Crippen LogP contribution >= 0.6 is 0 Å². The minimum Gasteiger partial charge on any atom is -0.466 e.